The zero-order valence-corrected chi connectivity index (χ0v) is 30.7. The zero-order chi connectivity index (χ0) is 39.3. The number of hydrogen-bond donors (Lipinski definition) is 1. The molecule has 8 rings (SSSR count). The SMILES string of the molecule is C[C@H](Cc1ccc2c(c1F)OCCn1cc(N3C(=O)OC[C@H]3C(F)F)nc1-2)C(N)=O.O=C1OC[C@@H](C(F)F)N1c1cn2c(n1)-c1ccc(I)c(F)c1OCC2. The number of imidazole rings is 2. The second-order valence-electron chi connectivity index (χ2n) is 12.8. The second-order valence-corrected chi connectivity index (χ2v) is 13.9. The van der Waals surface area contributed by atoms with Gasteiger partial charge in [0.05, 0.1) is 27.8 Å². The number of nitrogens with zero attached hydrogens (tertiary/aromatic N) is 6. The highest BCUT2D eigenvalue weighted by Gasteiger charge is 2.43. The van der Waals surface area contributed by atoms with Crippen molar-refractivity contribution in [2.45, 2.75) is 51.4 Å². The number of benzene rings is 2. The molecule has 0 unspecified atom stereocenters. The normalized spacial score (nSPS) is 19.2. The van der Waals surface area contributed by atoms with Crippen molar-refractivity contribution in [3.05, 3.63) is 57.4 Å². The summed E-state index contributed by atoms with van der Waals surface area (Å²) in [6, 6.07) is 3.49. The molecule has 0 radical (unpaired) electrons. The Balaban J connectivity index is 0.000000172. The van der Waals surface area contributed by atoms with Crippen LogP contribution in [0.2, 0.25) is 0 Å². The Bertz CT molecular complexity index is 2170. The van der Waals surface area contributed by atoms with Gasteiger partial charge >= 0.3 is 12.2 Å². The van der Waals surface area contributed by atoms with Crippen molar-refractivity contribution in [1.29, 1.82) is 0 Å². The van der Waals surface area contributed by atoms with Crippen LogP contribution in [0.1, 0.15) is 12.5 Å². The van der Waals surface area contributed by atoms with Crippen LogP contribution in [0.15, 0.2) is 36.7 Å². The van der Waals surface area contributed by atoms with Gasteiger partial charge in [0, 0.05) is 18.3 Å². The molecule has 2 aromatic carbocycles. The van der Waals surface area contributed by atoms with Crippen LogP contribution in [0.4, 0.5) is 47.6 Å². The Hall–Kier alpha value is -5.22. The molecule has 0 saturated carbocycles. The molecular formula is C34H30F6IN7O7. The van der Waals surface area contributed by atoms with Gasteiger partial charge in [-0.3, -0.25) is 4.79 Å². The fraction of sp³-hybridized carbons (Fsp3) is 0.382. The summed E-state index contributed by atoms with van der Waals surface area (Å²) < 4.78 is 107. The number of anilines is 2. The first-order valence-electron chi connectivity index (χ1n) is 16.7. The molecule has 2 aromatic heterocycles. The molecule has 2 saturated heterocycles. The standard InChI is InChI=1S/C19H19F3N4O4.C15H11F3IN3O3/c1-9(17(23)27)6-10-2-3-11-15(14(10)20)29-5-4-25-7-13(24-18(11)25)26-12(16(21)22)8-30-19(26)28;16-11-8(19)2-1-7-12(11)24-4-3-21-5-10(20-14(7)21)22-9(13(17)18)6-25-15(22)23/h2-3,7,9,12,16H,4-6,8H2,1H3,(H2,23,27);1-2,5,9,13H,3-4,6H2/t9-,12+;9-/m10/s1. The third kappa shape index (κ3) is 7.08. The van der Waals surface area contributed by atoms with Crippen molar-refractivity contribution in [3.63, 3.8) is 0 Å². The zero-order valence-electron chi connectivity index (χ0n) is 28.6. The number of primary amides is 1. The maximum Gasteiger partial charge on any atom is 0.416 e. The van der Waals surface area contributed by atoms with Gasteiger partial charge in [-0.05, 0) is 52.8 Å². The quantitative estimate of drug-likeness (QED) is 0.184. The molecular weight excluding hydrogens is 859 g/mol. The highest BCUT2D eigenvalue weighted by molar-refractivity contribution is 14.1. The molecule has 0 aliphatic carbocycles. The number of fused-ring (bicyclic) bond motifs is 6. The summed E-state index contributed by atoms with van der Waals surface area (Å²) in [6.45, 7) is 1.67. The van der Waals surface area contributed by atoms with Crippen LogP contribution >= 0.6 is 22.6 Å². The lowest BCUT2D eigenvalue weighted by Crippen LogP contribution is -2.38. The molecule has 4 aliphatic rings. The Morgan fingerprint density at radius 2 is 1.27 bits per heavy atom. The number of cyclic esters (lactones) is 2. The van der Waals surface area contributed by atoms with Gasteiger partial charge in [0.2, 0.25) is 5.91 Å². The smallest absolute Gasteiger partial charge is 0.416 e. The maximum atomic E-state index is 15.1. The van der Waals surface area contributed by atoms with Gasteiger partial charge in [-0.2, -0.15) is 0 Å². The maximum absolute atomic E-state index is 15.1. The minimum absolute atomic E-state index is 0.00233. The van der Waals surface area contributed by atoms with E-state index in [-0.39, 0.29) is 60.7 Å². The highest BCUT2D eigenvalue weighted by atomic mass is 127. The average Bonchev–Trinajstić information content (AvgIpc) is 3.90. The predicted octanol–water partition coefficient (Wildman–Crippen LogP) is 5.61. The number of amides is 3. The summed E-state index contributed by atoms with van der Waals surface area (Å²) in [5.41, 5.74) is 6.25. The second kappa shape index (κ2) is 15.1. The van der Waals surface area contributed by atoms with Crippen molar-refractivity contribution in [2.75, 3.05) is 36.2 Å². The van der Waals surface area contributed by atoms with E-state index in [4.69, 9.17) is 24.7 Å². The molecule has 2 fully saturated rings. The van der Waals surface area contributed by atoms with E-state index in [9.17, 15) is 36.3 Å². The molecule has 0 spiro atoms. The van der Waals surface area contributed by atoms with Crippen molar-refractivity contribution in [3.8, 4) is 34.3 Å². The molecule has 4 aromatic rings. The van der Waals surface area contributed by atoms with Gasteiger partial charge < -0.3 is 33.8 Å². The monoisotopic (exact) mass is 889 g/mol. The van der Waals surface area contributed by atoms with Crippen LogP contribution in [-0.2, 0) is 33.8 Å². The number of rotatable bonds is 7. The van der Waals surface area contributed by atoms with Crippen molar-refractivity contribution in [1.82, 2.24) is 19.1 Å². The molecule has 6 heterocycles. The van der Waals surface area contributed by atoms with E-state index in [1.54, 1.807) is 34.3 Å². The first kappa shape index (κ1) is 38.1. The fourth-order valence-corrected chi connectivity index (χ4v) is 6.85. The van der Waals surface area contributed by atoms with Crippen LogP contribution in [-0.4, -0.2) is 88.6 Å². The number of hydrogen-bond acceptors (Lipinski definition) is 9. The van der Waals surface area contributed by atoms with Gasteiger partial charge in [-0.15, -0.1) is 0 Å². The molecule has 3 atom stereocenters. The van der Waals surface area contributed by atoms with Crippen LogP contribution in [0.25, 0.3) is 22.8 Å². The van der Waals surface area contributed by atoms with Crippen molar-refractivity contribution >= 4 is 52.3 Å². The van der Waals surface area contributed by atoms with E-state index in [0.29, 0.717) is 27.1 Å². The lowest BCUT2D eigenvalue weighted by molar-refractivity contribution is -0.121. The minimum Gasteiger partial charge on any atom is -0.488 e. The topological polar surface area (TPSA) is 156 Å². The van der Waals surface area contributed by atoms with Crippen molar-refractivity contribution in [2.24, 2.45) is 11.7 Å². The lowest BCUT2D eigenvalue weighted by Gasteiger charge is -2.17. The number of halogens is 7. The third-order valence-corrected chi connectivity index (χ3v) is 10.1. The number of aromatic nitrogens is 4. The molecule has 0 bridgehead atoms. The van der Waals surface area contributed by atoms with Gasteiger partial charge in [0.15, 0.2) is 34.8 Å². The van der Waals surface area contributed by atoms with Crippen LogP contribution in [0.5, 0.6) is 11.5 Å². The summed E-state index contributed by atoms with van der Waals surface area (Å²) in [5, 5.41) is 0. The number of alkyl halides is 4. The largest absolute Gasteiger partial charge is 0.488 e. The van der Waals surface area contributed by atoms with Crippen LogP contribution in [0, 0.1) is 21.1 Å². The third-order valence-electron chi connectivity index (χ3n) is 9.29. The van der Waals surface area contributed by atoms with Gasteiger partial charge in [-0.25, -0.2) is 55.7 Å². The number of ether oxygens (including phenoxy) is 4. The Morgan fingerprint density at radius 1 is 0.800 bits per heavy atom. The van der Waals surface area contributed by atoms with E-state index >= 15 is 4.39 Å². The minimum atomic E-state index is -2.80. The molecule has 4 aliphatic heterocycles. The lowest BCUT2D eigenvalue weighted by atomic mass is 9.98. The number of carbonyl (C=O) groups is 3. The Labute approximate surface area is 321 Å². The highest BCUT2D eigenvalue weighted by Crippen LogP contribution is 2.40. The summed E-state index contributed by atoms with van der Waals surface area (Å²) in [4.78, 5) is 45.4. The first-order valence-corrected chi connectivity index (χ1v) is 17.8. The summed E-state index contributed by atoms with van der Waals surface area (Å²) in [5.74, 6) is -1.55. The van der Waals surface area contributed by atoms with Gasteiger partial charge in [0.25, 0.3) is 12.9 Å². The Morgan fingerprint density at radius 3 is 1.75 bits per heavy atom. The summed E-state index contributed by atoms with van der Waals surface area (Å²) in [6.07, 6.45) is -4.32. The van der Waals surface area contributed by atoms with Gasteiger partial charge in [-0.1, -0.05) is 13.0 Å². The van der Waals surface area contributed by atoms with E-state index in [2.05, 4.69) is 9.97 Å². The number of nitrogens with two attached hydrogens (primary N) is 1. The average molecular weight is 890 g/mol. The molecule has 14 nitrogen and oxygen atoms in total. The van der Waals surface area contributed by atoms with E-state index < -0.39 is 73.8 Å². The van der Waals surface area contributed by atoms with Crippen LogP contribution in [0.3, 0.4) is 0 Å². The summed E-state index contributed by atoms with van der Waals surface area (Å²) in [7, 11) is 0. The van der Waals surface area contributed by atoms with Crippen LogP contribution < -0.4 is 25.0 Å². The predicted molar refractivity (Wildman–Crippen MR) is 188 cm³/mol. The van der Waals surface area contributed by atoms with Gasteiger partial charge in [0.1, 0.15) is 50.2 Å². The fourth-order valence-electron chi connectivity index (χ4n) is 6.42. The van der Waals surface area contributed by atoms with Crippen molar-refractivity contribution < 1.29 is 59.7 Å². The van der Waals surface area contributed by atoms with E-state index in [1.807, 2.05) is 22.6 Å². The molecule has 3 amide bonds. The molecule has 292 valence electrons. The van der Waals surface area contributed by atoms with E-state index in [0.717, 1.165) is 9.80 Å². The molecule has 2 N–H and O–H groups in total. The van der Waals surface area contributed by atoms with E-state index in [1.165, 1.54) is 18.5 Å². The molecule has 21 heteroatoms. The molecule has 55 heavy (non-hydrogen) atoms. The number of carbonyl (C=O) groups excluding carboxylic acids is 3. The summed E-state index contributed by atoms with van der Waals surface area (Å²) >= 11 is 1.86. The Kier molecular flexibility index (Phi) is 10.5. The first-order chi connectivity index (χ1) is 26.2.